The number of nitrogens with one attached hydrogen (secondary N) is 1. The zero-order chi connectivity index (χ0) is 20.2. The third-order valence-electron chi connectivity index (χ3n) is 6.51. The van der Waals surface area contributed by atoms with Crippen molar-refractivity contribution in [3.8, 4) is 0 Å². The largest absolute Gasteiger partial charge is 0.350 e. The molecule has 4 rings (SSSR count). The van der Waals surface area contributed by atoms with Crippen molar-refractivity contribution in [2.45, 2.75) is 88.6 Å². The van der Waals surface area contributed by atoms with Crippen molar-refractivity contribution in [2.24, 2.45) is 0 Å². The van der Waals surface area contributed by atoms with Gasteiger partial charge in [0, 0.05) is 30.0 Å². The number of rotatable bonds is 4. The van der Waals surface area contributed by atoms with E-state index >= 15 is 0 Å². The summed E-state index contributed by atoms with van der Waals surface area (Å²) in [6.07, 6.45) is 11.9. The fourth-order valence-electron chi connectivity index (χ4n) is 4.86. The van der Waals surface area contributed by atoms with Crippen molar-refractivity contribution in [1.29, 1.82) is 0 Å². The average Bonchev–Trinajstić information content (AvgIpc) is 2.73. The lowest BCUT2D eigenvalue weighted by Gasteiger charge is -2.44. The fourth-order valence-corrected chi connectivity index (χ4v) is 6.30. The van der Waals surface area contributed by atoms with Crippen molar-refractivity contribution >= 4 is 23.6 Å². The van der Waals surface area contributed by atoms with Gasteiger partial charge in [-0.05, 0) is 38.2 Å². The SMILES string of the molecule is Cc1ccc(CN2C(=O)/C(=C/C(=O)NC3CCCCC3)SC3CCCCC32)cc1. The number of aryl methyl sites for hydroxylation is 1. The molecule has 1 saturated heterocycles. The summed E-state index contributed by atoms with van der Waals surface area (Å²) in [7, 11) is 0. The molecule has 2 amide bonds. The first kappa shape index (κ1) is 20.5. The Labute approximate surface area is 178 Å². The molecule has 2 unspecified atom stereocenters. The third-order valence-corrected chi connectivity index (χ3v) is 7.90. The number of benzene rings is 1. The molecule has 4 nitrogen and oxygen atoms in total. The number of carbonyl (C=O) groups is 2. The van der Waals surface area contributed by atoms with Crippen molar-refractivity contribution < 1.29 is 9.59 Å². The lowest BCUT2D eigenvalue weighted by atomic mass is 9.92. The Morgan fingerprint density at radius 1 is 1.07 bits per heavy atom. The van der Waals surface area contributed by atoms with Crippen LogP contribution in [0.1, 0.15) is 68.9 Å². The van der Waals surface area contributed by atoms with Crippen LogP contribution in [0.2, 0.25) is 0 Å². The number of nitrogens with zero attached hydrogens (tertiary/aromatic N) is 1. The van der Waals surface area contributed by atoms with Crippen LogP contribution in [0.4, 0.5) is 0 Å². The van der Waals surface area contributed by atoms with Crippen molar-refractivity contribution in [3.05, 3.63) is 46.4 Å². The maximum absolute atomic E-state index is 13.3. The average molecular weight is 413 g/mol. The number of carbonyl (C=O) groups excluding carboxylic acids is 2. The van der Waals surface area contributed by atoms with Gasteiger partial charge >= 0.3 is 0 Å². The van der Waals surface area contributed by atoms with Gasteiger partial charge in [-0.1, -0.05) is 61.9 Å². The zero-order valence-corrected chi connectivity index (χ0v) is 18.2. The van der Waals surface area contributed by atoms with E-state index < -0.39 is 0 Å². The van der Waals surface area contributed by atoms with Gasteiger partial charge in [-0.3, -0.25) is 9.59 Å². The molecule has 1 heterocycles. The Morgan fingerprint density at radius 3 is 2.52 bits per heavy atom. The van der Waals surface area contributed by atoms with E-state index in [4.69, 9.17) is 0 Å². The first-order chi connectivity index (χ1) is 14.1. The Balaban J connectivity index is 1.50. The molecule has 1 N–H and O–H groups in total. The monoisotopic (exact) mass is 412 g/mol. The Bertz CT molecular complexity index is 768. The summed E-state index contributed by atoms with van der Waals surface area (Å²) >= 11 is 1.64. The lowest BCUT2D eigenvalue weighted by Crippen LogP contribution is -2.51. The number of hydrogen-bond acceptors (Lipinski definition) is 3. The van der Waals surface area contributed by atoms with E-state index in [0.717, 1.165) is 31.2 Å². The predicted molar refractivity (Wildman–Crippen MR) is 118 cm³/mol. The van der Waals surface area contributed by atoms with Crippen molar-refractivity contribution in [2.75, 3.05) is 0 Å². The van der Waals surface area contributed by atoms with Crippen LogP contribution in [0, 0.1) is 6.92 Å². The molecule has 2 aliphatic carbocycles. The Hall–Kier alpha value is -1.75. The number of amides is 2. The molecule has 1 aliphatic heterocycles. The first-order valence-corrected chi connectivity index (χ1v) is 12.0. The second-order valence-electron chi connectivity index (χ2n) is 8.78. The number of hydrogen-bond donors (Lipinski definition) is 1. The summed E-state index contributed by atoms with van der Waals surface area (Å²) in [5.74, 6) is -0.0742. The highest BCUT2D eigenvalue weighted by Gasteiger charge is 2.40. The Kier molecular flexibility index (Phi) is 6.63. The highest BCUT2D eigenvalue weighted by molar-refractivity contribution is 8.04. The molecule has 3 aliphatic rings. The van der Waals surface area contributed by atoms with Crippen LogP contribution in [-0.2, 0) is 16.1 Å². The van der Waals surface area contributed by atoms with Gasteiger partial charge in [0.1, 0.15) is 0 Å². The minimum Gasteiger partial charge on any atom is -0.350 e. The van der Waals surface area contributed by atoms with Crippen LogP contribution < -0.4 is 5.32 Å². The van der Waals surface area contributed by atoms with Crippen LogP contribution in [0.5, 0.6) is 0 Å². The second-order valence-corrected chi connectivity index (χ2v) is 10.1. The third kappa shape index (κ3) is 5.06. The van der Waals surface area contributed by atoms with Gasteiger partial charge in [0.05, 0.1) is 4.91 Å². The maximum Gasteiger partial charge on any atom is 0.261 e. The van der Waals surface area contributed by atoms with Gasteiger partial charge in [-0.25, -0.2) is 0 Å². The highest BCUT2D eigenvalue weighted by atomic mass is 32.2. The molecular weight excluding hydrogens is 380 g/mol. The van der Waals surface area contributed by atoms with E-state index in [0.29, 0.717) is 16.7 Å². The summed E-state index contributed by atoms with van der Waals surface area (Å²) in [4.78, 5) is 28.6. The molecule has 2 saturated carbocycles. The smallest absolute Gasteiger partial charge is 0.261 e. The lowest BCUT2D eigenvalue weighted by molar-refractivity contribution is -0.130. The molecule has 29 heavy (non-hydrogen) atoms. The summed E-state index contributed by atoms with van der Waals surface area (Å²) in [5.41, 5.74) is 2.39. The fraction of sp³-hybridized carbons (Fsp3) is 0.583. The molecule has 3 fully saturated rings. The van der Waals surface area contributed by atoms with Gasteiger partial charge in [0.2, 0.25) is 5.91 Å². The van der Waals surface area contributed by atoms with E-state index in [-0.39, 0.29) is 23.9 Å². The van der Waals surface area contributed by atoms with Gasteiger partial charge in [0.15, 0.2) is 0 Å². The van der Waals surface area contributed by atoms with Gasteiger partial charge in [-0.15, -0.1) is 11.8 Å². The quantitative estimate of drug-likeness (QED) is 0.729. The topological polar surface area (TPSA) is 49.4 Å². The molecule has 156 valence electrons. The summed E-state index contributed by atoms with van der Waals surface area (Å²) in [6.45, 7) is 2.71. The summed E-state index contributed by atoms with van der Waals surface area (Å²) in [6, 6.07) is 8.98. The van der Waals surface area contributed by atoms with Gasteiger partial charge in [-0.2, -0.15) is 0 Å². The van der Waals surface area contributed by atoms with Crippen LogP contribution in [0.25, 0.3) is 0 Å². The summed E-state index contributed by atoms with van der Waals surface area (Å²) < 4.78 is 0. The highest BCUT2D eigenvalue weighted by Crippen LogP contribution is 2.42. The number of fused-ring (bicyclic) bond motifs is 1. The normalized spacial score (nSPS) is 27.0. The molecule has 1 aromatic carbocycles. The summed E-state index contributed by atoms with van der Waals surface area (Å²) in [5, 5.41) is 3.53. The molecule has 0 aromatic heterocycles. The zero-order valence-electron chi connectivity index (χ0n) is 17.4. The van der Waals surface area contributed by atoms with E-state index in [1.807, 2.05) is 4.90 Å². The van der Waals surface area contributed by atoms with Crippen LogP contribution >= 0.6 is 11.8 Å². The second kappa shape index (κ2) is 9.38. The predicted octanol–water partition coefficient (Wildman–Crippen LogP) is 4.71. The standard InChI is InChI=1S/C24H32N2O2S/c1-17-11-13-18(14-12-17)16-26-20-9-5-6-10-21(20)29-22(24(26)28)15-23(27)25-19-7-3-2-4-8-19/h11-15,19-21H,2-10,16H2,1H3,(H,25,27)/b22-15-. The molecule has 0 spiro atoms. The van der Waals surface area contributed by atoms with Crippen molar-refractivity contribution in [1.82, 2.24) is 10.2 Å². The van der Waals surface area contributed by atoms with E-state index in [9.17, 15) is 9.59 Å². The van der Waals surface area contributed by atoms with E-state index in [1.165, 1.54) is 37.7 Å². The molecule has 1 aromatic rings. The Morgan fingerprint density at radius 2 is 1.76 bits per heavy atom. The maximum atomic E-state index is 13.3. The molecule has 0 radical (unpaired) electrons. The first-order valence-electron chi connectivity index (χ1n) is 11.2. The van der Waals surface area contributed by atoms with Crippen LogP contribution in [0.3, 0.4) is 0 Å². The van der Waals surface area contributed by atoms with Crippen molar-refractivity contribution in [3.63, 3.8) is 0 Å². The van der Waals surface area contributed by atoms with Crippen LogP contribution in [-0.4, -0.2) is 34.0 Å². The minimum absolute atomic E-state index is 0.0255. The van der Waals surface area contributed by atoms with Gasteiger partial charge in [0.25, 0.3) is 5.91 Å². The molecule has 2 atom stereocenters. The molecular formula is C24H32N2O2S. The molecule has 5 heteroatoms. The van der Waals surface area contributed by atoms with E-state index in [2.05, 4.69) is 36.5 Å². The molecule has 0 bridgehead atoms. The van der Waals surface area contributed by atoms with Gasteiger partial charge < -0.3 is 10.2 Å². The van der Waals surface area contributed by atoms with Crippen LogP contribution in [0.15, 0.2) is 35.2 Å². The number of thioether (sulfide) groups is 1. The minimum atomic E-state index is -0.0997. The van der Waals surface area contributed by atoms with E-state index in [1.54, 1.807) is 17.8 Å².